The van der Waals surface area contributed by atoms with E-state index >= 15 is 0 Å². The van der Waals surface area contributed by atoms with Crippen molar-refractivity contribution in [3.63, 3.8) is 0 Å². The summed E-state index contributed by atoms with van der Waals surface area (Å²) in [4.78, 5) is 0. The van der Waals surface area contributed by atoms with Crippen molar-refractivity contribution < 1.29 is 105 Å². The van der Waals surface area contributed by atoms with E-state index in [9.17, 15) is 105 Å². The molecule has 0 aromatic rings. The minimum atomic E-state index is -9.47. The second-order valence-corrected chi connectivity index (χ2v) is 6.17. The fourth-order valence-corrected chi connectivity index (χ4v) is 1.74. The van der Waals surface area contributed by atoms with Crippen molar-refractivity contribution in [3.05, 3.63) is 0 Å². The third-order valence-electron chi connectivity index (χ3n) is 3.87. The van der Waals surface area contributed by atoms with Gasteiger partial charge in [-0.1, -0.05) is 0 Å². The summed E-state index contributed by atoms with van der Waals surface area (Å²) in [6.45, 7) is 0. The highest BCUT2D eigenvalue weighted by molar-refractivity contribution is 5.18. The largest absolute Gasteiger partial charge is 0.460 e. The molecule has 0 N–H and O–H groups in total. The molecule has 0 unspecified atom stereocenters. The molecular weight excluding hydrogens is 588 g/mol. The van der Waals surface area contributed by atoms with Crippen LogP contribution in [-0.2, 0) is 0 Å². The van der Waals surface area contributed by atoms with Gasteiger partial charge < -0.3 is 0 Å². The van der Waals surface area contributed by atoms with E-state index < -0.39 is 65.7 Å². The van der Waals surface area contributed by atoms with Crippen LogP contribution >= 0.6 is 0 Å². The minimum Gasteiger partial charge on any atom is -0.192 e. The Kier molecular flexibility index (Phi) is 7.30. The SMILES string of the molecule is FC(F)(F)C(F)(F)C(F)(F)C(F)(F)C(F)(F)C(F)(F)C(F)(F)C(F)(F)C(F)(F)C(F)(F)C(F)(F)F. The van der Waals surface area contributed by atoms with Gasteiger partial charge in [0.1, 0.15) is 0 Å². The van der Waals surface area contributed by atoms with Gasteiger partial charge in [-0.05, 0) is 0 Å². The third kappa shape index (κ3) is 3.81. The van der Waals surface area contributed by atoms with Crippen LogP contribution in [0.25, 0.3) is 0 Å². The van der Waals surface area contributed by atoms with Gasteiger partial charge in [0.2, 0.25) is 0 Å². The van der Waals surface area contributed by atoms with Gasteiger partial charge in [-0.3, -0.25) is 0 Å². The molecular formula is C11F24. The molecule has 0 saturated carbocycles. The third-order valence-corrected chi connectivity index (χ3v) is 3.87. The van der Waals surface area contributed by atoms with Crippen LogP contribution < -0.4 is 0 Å². The average Bonchev–Trinajstić information content (AvgIpc) is 2.58. The Labute approximate surface area is 172 Å². The lowest BCUT2D eigenvalue weighted by molar-refractivity contribution is -0.482. The number of alkyl halides is 24. The number of hydrogen-bond acceptors (Lipinski definition) is 0. The summed E-state index contributed by atoms with van der Waals surface area (Å²) in [6.07, 6.45) is -16.2. The van der Waals surface area contributed by atoms with Crippen molar-refractivity contribution in [1.29, 1.82) is 0 Å². The first kappa shape index (κ1) is 33.3. The van der Waals surface area contributed by atoms with Gasteiger partial charge in [0, 0.05) is 0 Å². The van der Waals surface area contributed by atoms with Gasteiger partial charge in [-0.25, -0.2) is 0 Å². The second kappa shape index (κ2) is 7.66. The predicted octanol–water partition coefficient (Wildman–Crippen LogP) is 7.83. The quantitative estimate of drug-likeness (QED) is 0.254. The normalized spacial score (nSPS) is 17.1. The molecule has 0 amide bonds. The van der Waals surface area contributed by atoms with E-state index in [2.05, 4.69) is 0 Å². The Balaban J connectivity index is 7.15. The molecule has 0 aliphatic rings. The first-order valence-electron chi connectivity index (χ1n) is 7.04. The summed E-state index contributed by atoms with van der Waals surface area (Å²) >= 11 is 0. The zero-order valence-electron chi connectivity index (χ0n) is 14.6. The Morgan fingerprint density at radius 2 is 0.229 bits per heavy atom. The van der Waals surface area contributed by atoms with Gasteiger partial charge >= 0.3 is 65.7 Å². The minimum absolute atomic E-state index is 8.11. The van der Waals surface area contributed by atoms with E-state index in [1.54, 1.807) is 0 Å². The maximum atomic E-state index is 13.2. The molecule has 212 valence electrons. The molecule has 0 aliphatic carbocycles. The standard InChI is InChI=1S/C11F24/c12-1(13,2(14,15)4(18,19)6(22,23)8(26,27)10(30,31)32)3(16,17)5(20,21)7(24,25)9(28,29)11(33,34)35. The zero-order chi connectivity index (χ0) is 29.5. The van der Waals surface area contributed by atoms with Crippen LogP contribution in [0.3, 0.4) is 0 Å². The summed E-state index contributed by atoms with van der Waals surface area (Å²) in [6, 6.07) is 0. The molecule has 0 rings (SSSR count). The van der Waals surface area contributed by atoms with E-state index in [4.69, 9.17) is 0 Å². The maximum absolute atomic E-state index is 13.2. The topological polar surface area (TPSA) is 0 Å². The molecule has 35 heavy (non-hydrogen) atoms. The first-order valence-corrected chi connectivity index (χ1v) is 7.04. The number of hydrogen-bond donors (Lipinski definition) is 0. The van der Waals surface area contributed by atoms with Gasteiger partial charge in [0.15, 0.2) is 0 Å². The van der Waals surface area contributed by atoms with Crippen molar-refractivity contribution in [2.45, 2.75) is 65.7 Å². The zero-order valence-corrected chi connectivity index (χ0v) is 14.6. The Morgan fingerprint density at radius 1 is 0.143 bits per heavy atom. The molecule has 0 spiro atoms. The van der Waals surface area contributed by atoms with Crippen molar-refractivity contribution in [2.24, 2.45) is 0 Å². The van der Waals surface area contributed by atoms with Crippen molar-refractivity contribution in [2.75, 3.05) is 0 Å². The molecule has 0 fully saturated rings. The molecule has 0 radical (unpaired) electrons. The molecule has 0 bridgehead atoms. The molecule has 0 atom stereocenters. The van der Waals surface area contributed by atoms with Gasteiger partial charge in [-0.2, -0.15) is 105 Å². The van der Waals surface area contributed by atoms with Crippen LogP contribution in [0.4, 0.5) is 105 Å². The number of halogens is 24. The Hall–Kier alpha value is -1.68. The molecule has 24 heteroatoms. The van der Waals surface area contributed by atoms with Crippen LogP contribution in [-0.4, -0.2) is 65.7 Å². The van der Waals surface area contributed by atoms with E-state index in [0.717, 1.165) is 0 Å². The lowest BCUT2D eigenvalue weighted by Crippen LogP contribution is -2.77. The van der Waals surface area contributed by atoms with Crippen molar-refractivity contribution in [3.8, 4) is 0 Å². The van der Waals surface area contributed by atoms with Crippen LogP contribution in [0.5, 0.6) is 0 Å². The van der Waals surface area contributed by atoms with Gasteiger partial charge in [-0.15, -0.1) is 0 Å². The number of rotatable bonds is 8. The fraction of sp³-hybridized carbons (Fsp3) is 1.00. The maximum Gasteiger partial charge on any atom is 0.460 e. The lowest BCUT2D eigenvalue weighted by Gasteiger charge is -2.44. The summed E-state index contributed by atoms with van der Waals surface area (Å²) in [7, 11) is 0. The van der Waals surface area contributed by atoms with Crippen LogP contribution in [0, 0.1) is 0 Å². The van der Waals surface area contributed by atoms with E-state index in [-0.39, 0.29) is 0 Å². The molecule has 0 saturated heterocycles. The molecule has 0 heterocycles. The summed E-state index contributed by atoms with van der Waals surface area (Å²) in [5.41, 5.74) is 0. The highest BCUT2D eigenvalue weighted by Crippen LogP contribution is 2.67. The lowest BCUT2D eigenvalue weighted by atomic mass is 9.86. The summed E-state index contributed by atoms with van der Waals surface area (Å²) < 4.78 is 304. The van der Waals surface area contributed by atoms with Crippen LogP contribution in [0.2, 0.25) is 0 Å². The average molecular weight is 588 g/mol. The predicted molar refractivity (Wildman–Crippen MR) is 56.6 cm³/mol. The van der Waals surface area contributed by atoms with Gasteiger partial charge in [0.05, 0.1) is 0 Å². The van der Waals surface area contributed by atoms with E-state index in [0.29, 0.717) is 0 Å². The van der Waals surface area contributed by atoms with E-state index in [1.807, 2.05) is 0 Å². The highest BCUT2D eigenvalue weighted by Gasteiger charge is 2.99. The Morgan fingerprint density at radius 3 is 0.314 bits per heavy atom. The van der Waals surface area contributed by atoms with Gasteiger partial charge in [0.25, 0.3) is 0 Å². The highest BCUT2D eigenvalue weighted by atomic mass is 19.4. The smallest absolute Gasteiger partial charge is 0.192 e. The molecule has 0 aromatic heterocycles. The first-order chi connectivity index (χ1) is 14.5. The summed E-state index contributed by atoms with van der Waals surface area (Å²) in [5.74, 6) is -82.0. The van der Waals surface area contributed by atoms with E-state index in [1.165, 1.54) is 0 Å². The van der Waals surface area contributed by atoms with Crippen molar-refractivity contribution in [1.82, 2.24) is 0 Å². The Bertz CT molecular complexity index is 710. The molecule has 0 aromatic carbocycles. The molecule has 0 aliphatic heterocycles. The molecule has 0 nitrogen and oxygen atoms in total. The fourth-order valence-electron chi connectivity index (χ4n) is 1.74. The van der Waals surface area contributed by atoms with Crippen LogP contribution in [0.1, 0.15) is 0 Å². The van der Waals surface area contributed by atoms with Crippen LogP contribution in [0.15, 0.2) is 0 Å². The summed E-state index contributed by atoms with van der Waals surface area (Å²) in [5, 5.41) is 0. The second-order valence-electron chi connectivity index (χ2n) is 6.17. The monoisotopic (exact) mass is 588 g/mol. The van der Waals surface area contributed by atoms with Crippen molar-refractivity contribution >= 4 is 0 Å².